The molecule has 0 spiro atoms. The number of carboxylic acid groups (broad SMARTS) is 1. The third-order valence-electron chi connectivity index (χ3n) is 8.60. The van der Waals surface area contributed by atoms with Crippen LogP contribution < -0.4 is 9.44 Å². The molecule has 15 nitrogen and oxygen atoms in total. The van der Waals surface area contributed by atoms with Crippen LogP contribution in [0, 0.1) is 27.7 Å². The summed E-state index contributed by atoms with van der Waals surface area (Å²) in [5.74, 6) is -0.306. The van der Waals surface area contributed by atoms with Crippen molar-refractivity contribution in [1.82, 2.24) is 9.97 Å². The van der Waals surface area contributed by atoms with Crippen molar-refractivity contribution >= 4 is 55.8 Å². The van der Waals surface area contributed by atoms with E-state index in [1.165, 1.54) is 18.8 Å². The fourth-order valence-corrected chi connectivity index (χ4v) is 7.61. The first kappa shape index (κ1) is 55.1. The zero-order valence-electron chi connectivity index (χ0n) is 38.2. The molecule has 0 aliphatic rings. The third kappa shape index (κ3) is 19.8. The highest BCUT2D eigenvalue weighted by Crippen LogP contribution is 2.26. The summed E-state index contributed by atoms with van der Waals surface area (Å²) in [7, 11) is -7.33. The topological polar surface area (TPSA) is 242 Å². The number of pyridine rings is 2. The molecule has 0 amide bonds. The number of benzene rings is 4. The number of aryl methyl sites for hydroxylation is 6. The quantitative estimate of drug-likeness (QED) is 0.0403. The molecule has 66 heavy (non-hydrogen) atoms. The van der Waals surface area contributed by atoms with Gasteiger partial charge in [0.25, 0.3) is 26.0 Å². The van der Waals surface area contributed by atoms with E-state index in [0.29, 0.717) is 17.3 Å². The summed E-state index contributed by atoms with van der Waals surface area (Å²) in [6, 6.07) is 31.3. The Morgan fingerprint density at radius 3 is 1.30 bits per heavy atom. The van der Waals surface area contributed by atoms with Crippen LogP contribution in [0.25, 0.3) is 12.2 Å². The van der Waals surface area contributed by atoms with Gasteiger partial charge in [0, 0.05) is 26.2 Å². The molecule has 0 saturated heterocycles. The molecule has 6 rings (SSSR count). The van der Waals surface area contributed by atoms with Gasteiger partial charge in [0.15, 0.2) is 0 Å². The van der Waals surface area contributed by atoms with Gasteiger partial charge >= 0.3 is 5.97 Å². The van der Waals surface area contributed by atoms with Crippen molar-refractivity contribution in [2.24, 2.45) is 0 Å². The molecule has 2 heterocycles. The van der Waals surface area contributed by atoms with Crippen molar-refractivity contribution in [3.05, 3.63) is 166 Å². The van der Waals surface area contributed by atoms with Crippen molar-refractivity contribution in [3.8, 4) is 11.5 Å². The number of nitrogens with zero attached hydrogens (tertiary/aromatic N) is 2. The van der Waals surface area contributed by atoms with Gasteiger partial charge in [-0.15, -0.1) is 0 Å². The molecule has 0 unspecified atom stereocenters. The van der Waals surface area contributed by atoms with Crippen molar-refractivity contribution < 1.29 is 51.9 Å². The SMILES string of the molecule is CC(=O)O.CC(=O)OO.CCC.Cc1cc(/C=C/c2ccc(S(=O)(=O)Nc3ccccn3)cc2)cc(C)c1O.Cc1cc(CCc2ccc(S(=O)(=O)Nc3ccccn3)cc2)cc(C)c1O. The number of phenolic OH excluding ortho intramolecular Hbond substituents is 2. The van der Waals surface area contributed by atoms with E-state index in [9.17, 15) is 31.8 Å². The van der Waals surface area contributed by atoms with Crippen LogP contribution in [-0.2, 0) is 47.4 Å². The number of phenols is 2. The maximum atomic E-state index is 12.4. The molecule has 0 aliphatic heterocycles. The maximum Gasteiger partial charge on any atom is 0.339 e. The number of hydrogen-bond donors (Lipinski definition) is 6. The van der Waals surface area contributed by atoms with E-state index in [4.69, 9.17) is 15.2 Å². The Kier molecular flexibility index (Phi) is 22.8. The van der Waals surface area contributed by atoms with E-state index in [2.05, 4.69) is 38.1 Å². The number of rotatable bonds is 11. The van der Waals surface area contributed by atoms with Gasteiger partial charge in [0.05, 0.1) is 9.79 Å². The summed E-state index contributed by atoms with van der Waals surface area (Å²) in [5, 5.41) is 34.4. The molecule has 2 aromatic heterocycles. The fourth-order valence-electron chi connectivity index (χ4n) is 5.59. The van der Waals surface area contributed by atoms with Crippen molar-refractivity contribution in [2.75, 3.05) is 9.44 Å². The van der Waals surface area contributed by atoms with Gasteiger partial charge in [-0.25, -0.2) is 31.6 Å². The Morgan fingerprint density at radius 1 is 0.591 bits per heavy atom. The number of sulfonamides is 2. The molecular weight excluding hydrogens is 885 g/mol. The number of carboxylic acids is 1. The first-order chi connectivity index (χ1) is 31.1. The smallest absolute Gasteiger partial charge is 0.339 e. The molecular formula is C49H58N4O11S2. The molecule has 0 atom stereocenters. The number of anilines is 2. The number of nitrogens with one attached hydrogen (secondary N) is 2. The lowest BCUT2D eigenvalue weighted by Gasteiger charge is -2.09. The first-order valence-electron chi connectivity index (χ1n) is 20.5. The Morgan fingerprint density at radius 2 is 0.939 bits per heavy atom. The van der Waals surface area contributed by atoms with Crippen LogP contribution in [0.2, 0.25) is 0 Å². The third-order valence-corrected chi connectivity index (χ3v) is 11.3. The summed E-state index contributed by atoms with van der Waals surface area (Å²) in [4.78, 5) is 29.8. The van der Waals surface area contributed by atoms with Gasteiger partial charge < -0.3 is 20.2 Å². The number of carbonyl (C=O) groups excluding carboxylic acids is 1. The predicted molar refractivity (Wildman–Crippen MR) is 258 cm³/mol. The predicted octanol–water partition coefficient (Wildman–Crippen LogP) is 9.89. The van der Waals surface area contributed by atoms with Crippen molar-refractivity contribution in [1.29, 1.82) is 0 Å². The van der Waals surface area contributed by atoms with Crippen LogP contribution in [0.15, 0.2) is 131 Å². The van der Waals surface area contributed by atoms with Crippen LogP contribution in [0.4, 0.5) is 11.6 Å². The van der Waals surface area contributed by atoms with Gasteiger partial charge in [0.2, 0.25) is 0 Å². The number of aliphatic carboxylic acids is 1. The zero-order valence-corrected chi connectivity index (χ0v) is 39.8. The molecule has 352 valence electrons. The van der Waals surface area contributed by atoms with Crippen LogP contribution >= 0.6 is 0 Å². The molecule has 0 fully saturated rings. The molecule has 0 bridgehead atoms. The average molecular weight is 943 g/mol. The van der Waals surface area contributed by atoms with Gasteiger partial charge in [0.1, 0.15) is 23.1 Å². The maximum absolute atomic E-state index is 12.4. The highest BCUT2D eigenvalue weighted by Gasteiger charge is 2.16. The van der Waals surface area contributed by atoms with E-state index < -0.39 is 32.0 Å². The lowest BCUT2D eigenvalue weighted by molar-refractivity contribution is -0.231. The van der Waals surface area contributed by atoms with E-state index in [1.807, 2.05) is 76.2 Å². The van der Waals surface area contributed by atoms with Gasteiger partial charge in [-0.05, 0) is 146 Å². The number of hydrogen-bond acceptors (Lipinski definition) is 12. The molecule has 0 aliphatic carbocycles. The minimum absolute atomic E-state index is 0.168. The fraction of sp³-hybridized carbons (Fsp3) is 0.224. The van der Waals surface area contributed by atoms with Gasteiger partial charge in [-0.2, -0.15) is 5.26 Å². The highest BCUT2D eigenvalue weighted by atomic mass is 32.2. The number of aromatic hydroxyl groups is 2. The minimum Gasteiger partial charge on any atom is -0.507 e. The Labute approximate surface area is 387 Å². The first-order valence-corrected chi connectivity index (χ1v) is 23.4. The minimum atomic E-state index is -3.68. The Bertz CT molecular complexity index is 2670. The summed E-state index contributed by atoms with van der Waals surface area (Å²) in [5.41, 5.74) is 7.41. The Hall–Kier alpha value is -7.08. The molecule has 4 aromatic carbocycles. The lowest BCUT2D eigenvalue weighted by Crippen LogP contribution is -2.13. The lowest BCUT2D eigenvalue weighted by atomic mass is 10.00. The highest BCUT2D eigenvalue weighted by molar-refractivity contribution is 7.93. The van der Waals surface area contributed by atoms with Gasteiger partial charge in [-0.1, -0.05) is 81.0 Å². The molecule has 0 saturated carbocycles. The van der Waals surface area contributed by atoms with Crippen LogP contribution in [-0.4, -0.2) is 59.3 Å². The summed E-state index contributed by atoms with van der Waals surface area (Å²) in [6.45, 7) is 13.9. The molecule has 0 radical (unpaired) electrons. The molecule has 17 heteroatoms. The zero-order chi connectivity index (χ0) is 49.5. The van der Waals surface area contributed by atoms with Crippen LogP contribution in [0.1, 0.15) is 78.6 Å². The van der Waals surface area contributed by atoms with Crippen LogP contribution in [0.5, 0.6) is 11.5 Å². The average Bonchev–Trinajstić information content (AvgIpc) is 3.27. The second kappa shape index (κ2) is 27.3. The second-order valence-electron chi connectivity index (χ2n) is 14.6. The normalized spacial score (nSPS) is 10.6. The number of aromatic nitrogens is 2. The van der Waals surface area contributed by atoms with Crippen molar-refractivity contribution in [2.45, 2.75) is 84.4 Å². The molecule has 6 N–H and O–H groups in total. The van der Waals surface area contributed by atoms with Crippen LogP contribution in [0.3, 0.4) is 0 Å². The van der Waals surface area contributed by atoms with E-state index >= 15 is 0 Å². The van der Waals surface area contributed by atoms with E-state index in [-0.39, 0.29) is 15.6 Å². The Balaban J connectivity index is 0.000000365. The largest absolute Gasteiger partial charge is 0.507 e. The second-order valence-corrected chi connectivity index (χ2v) is 17.9. The van der Waals surface area contributed by atoms with Crippen molar-refractivity contribution in [3.63, 3.8) is 0 Å². The molecule has 6 aromatic rings. The standard InChI is InChI=1S/C21H22N2O3S.C21H20N2O3S.C3H8.C2H4O3.C2H4O2/c2*1-15-13-18(14-16(2)21(15)24)7-6-17-8-10-19(11-9-17)27(25,26)23-20-5-3-4-12-22-20;1-3-2;1-2(3)5-4;1-2(3)4/h3-5,8-14,24H,6-7H2,1-2H3,(H,22,23);3-14,24H,1-2H3,(H,22,23);3H2,1-2H3;4H,1H3;1H3,(H,3,4)/b;7-6+;;;. The van der Waals surface area contributed by atoms with Gasteiger partial charge in [-0.3, -0.25) is 14.2 Å². The summed E-state index contributed by atoms with van der Waals surface area (Å²) >= 11 is 0. The van der Waals surface area contributed by atoms with E-state index in [1.54, 1.807) is 72.8 Å². The monoisotopic (exact) mass is 942 g/mol. The number of carbonyl (C=O) groups is 2. The van der Waals surface area contributed by atoms with E-state index in [0.717, 1.165) is 71.2 Å². The summed E-state index contributed by atoms with van der Waals surface area (Å²) < 4.78 is 54.6. The summed E-state index contributed by atoms with van der Waals surface area (Å²) in [6.07, 6.45) is 9.74.